The van der Waals surface area contributed by atoms with E-state index in [1.165, 1.54) is 0 Å². The molecule has 1 fully saturated rings. The summed E-state index contributed by atoms with van der Waals surface area (Å²) >= 11 is 0. The van der Waals surface area contributed by atoms with E-state index >= 15 is 0 Å². The van der Waals surface area contributed by atoms with Gasteiger partial charge in [-0.2, -0.15) is 0 Å². The van der Waals surface area contributed by atoms with Crippen LogP contribution in [-0.4, -0.2) is 23.3 Å². The largest absolute Gasteiger partial charge is 0.388 e. The maximum atomic E-state index is 10.5. The van der Waals surface area contributed by atoms with Crippen molar-refractivity contribution in [2.24, 2.45) is 5.92 Å². The molecule has 0 aliphatic carbocycles. The number of hydrogen-bond acceptors (Lipinski definition) is 3. The molecule has 1 aliphatic heterocycles. The molecule has 94 valence electrons. The van der Waals surface area contributed by atoms with Crippen molar-refractivity contribution in [1.29, 1.82) is 0 Å². The van der Waals surface area contributed by atoms with Gasteiger partial charge in [-0.05, 0) is 29.9 Å². The molecule has 2 atom stereocenters. The van der Waals surface area contributed by atoms with Crippen LogP contribution >= 0.6 is 0 Å². The molecular formula is C15H17NO2. The minimum absolute atomic E-state index is 0.199. The predicted octanol–water partition coefficient (Wildman–Crippen LogP) is 2.69. The van der Waals surface area contributed by atoms with Crippen LogP contribution in [0, 0.1) is 5.92 Å². The summed E-state index contributed by atoms with van der Waals surface area (Å²) in [5.74, 6) is 0.199. The standard InChI is InChI=1S/C15H17NO2/c17-15(12-4-2-8-18-10-12)13-5-1-3-11-6-7-16-9-14(11)13/h1,3,5-7,9,12,15,17H,2,4,8,10H2. The van der Waals surface area contributed by atoms with Gasteiger partial charge in [-0.25, -0.2) is 0 Å². The average molecular weight is 243 g/mol. The Kier molecular flexibility index (Phi) is 3.26. The number of fused-ring (bicyclic) bond motifs is 1. The number of ether oxygens (including phenoxy) is 1. The summed E-state index contributed by atoms with van der Waals surface area (Å²) < 4.78 is 5.46. The molecule has 3 rings (SSSR count). The number of hydrogen-bond donors (Lipinski definition) is 1. The third-order valence-electron chi connectivity index (χ3n) is 3.68. The van der Waals surface area contributed by atoms with Crippen molar-refractivity contribution < 1.29 is 9.84 Å². The lowest BCUT2D eigenvalue weighted by Crippen LogP contribution is -2.23. The van der Waals surface area contributed by atoms with E-state index in [1.54, 1.807) is 6.20 Å². The lowest BCUT2D eigenvalue weighted by Gasteiger charge is -2.27. The smallest absolute Gasteiger partial charge is 0.0846 e. The minimum Gasteiger partial charge on any atom is -0.388 e. The van der Waals surface area contributed by atoms with E-state index in [4.69, 9.17) is 4.74 Å². The summed E-state index contributed by atoms with van der Waals surface area (Å²) in [6.07, 6.45) is 5.21. The first-order valence-corrected chi connectivity index (χ1v) is 6.45. The van der Waals surface area contributed by atoms with Crippen molar-refractivity contribution in [1.82, 2.24) is 4.98 Å². The summed E-state index contributed by atoms with van der Waals surface area (Å²) in [7, 11) is 0. The second-order valence-corrected chi connectivity index (χ2v) is 4.87. The fraction of sp³-hybridized carbons (Fsp3) is 0.400. The Morgan fingerprint density at radius 2 is 2.28 bits per heavy atom. The predicted molar refractivity (Wildman–Crippen MR) is 70.2 cm³/mol. The number of aliphatic hydroxyl groups excluding tert-OH is 1. The van der Waals surface area contributed by atoms with Crippen LogP contribution in [-0.2, 0) is 4.74 Å². The van der Waals surface area contributed by atoms with Crippen LogP contribution in [0.3, 0.4) is 0 Å². The second kappa shape index (κ2) is 5.04. The van der Waals surface area contributed by atoms with Crippen molar-refractivity contribution in [2.75, 3.05) is 13.2 Å². The zero-order chi connectivity index (χ0) is 12.4. The van der Waals surface area contributed by atoms with Gasteiger partial charge in [-0.3, -0.25) is 4.98 Å². The number of rotatable bonds is 2. The average Bonchev–Trinajstić information content (AvgIpc) is 2.47. The molecule has 0 radical (unpaired) electrons. The molecule has 3 nitrogen and oxygen atoms in total. The molecule has 3 heteroatoms. The number of nitrogens with zero attached hydrogens (tertiary/aromatic N) is 1. The van der Waals surface area contributed by atoms with E-state index in [0.717, 1.165) is 35.8 Å². The summed E-state index contributed by atoms with van der Waals surface area (Å²) in [6.45, 7) is 1.47. The monoisotopic (exact) mass is 243 g/mol. The van der Waals surface area contributed by atoms with E-state index in [1.807, 2.05) is 30.5 Å². The zero-order valence-corrected chi connectivity index (χ0v) is 10.2. The number of benzene rings is 1. The van der Waals surface area contributed by atoms with E-state index < -0.39 is 6.10 Å². The first-order chi connectivity index (χ1) is 8.86. The topological polar surface area (TPSA) is 42.4 Å². The van der Waals surface area contributed by atoms with Gasteiger partial charge >= 0.3 is 0 Å². The van der Waals surface area contributed by atoms with Gasteiger partial charge in [0, 0.05) is 30.3 Å². The molecule has 0 amide bonds. The Labute approximate surface area is 106 Å². The van der Waals surface area contributed by atoms with E-state index in [9.17, 15) is 5.11 Å². The number of aliphatic hydroxyl groups is 1. The zero-order valence-electron chi connectivity index (χ0n) is 10.2. The molecule has 2 heterocycles. The Hall–Kier alpha value is -1.45. The first kappa shape index (κ1) is 11.6. The molecule has 0 saturated carbocycles. The summed E-state index contributed by atoms with van der Waals surface area (Å²) in [5, 5.41) is 12.7. The van der Waals surface area contributed by atoms with Gasteiger partial charge in [0.25, 0.3) is 0 Å². The second-order valence-electron chi connectivity index (χ2n) is 4.87. The van der Waals surface area contributed by atoms with E-state index in [0.29, 0.717) is 6.61 Å². The van der Waals surface area contributed by atoms with Crippen molar-refractivity contribution in [3.63, 3.8) is 0 Å². The molecule has 1 aromatic heterocycles. The molecule has 2 unspecified atom stereocenters. The van der Waals surface area contributed by atoms with Gasteiger partial charge < -0.3 is 9.84 Å². The summed E-state index contributed by atoms with van der Waals surface area (Å²) in [6, 6.07) is 8.00. The lowest BCUT2D eigenvalue weighted by molar-refractivity contribution is -0.00943. The third-order valence-corrected chi connectivity index (χ3v) is 3.68. The van der Waals surface area contributed by atoms with Crippen LogP contribution in [0.5, 0.6) is 0 Å². The van der Waals surface area contributed by atoms with Crippen molar-refractivity contribution in [2.45, 2.75) is 18.9 Å². The highest BCUT2D eigenvalue weighted by atomic mass is 16.5. The highest BCUT2D eigenvalue weighted by Gasteiger charge is 2.24. The fourth-order valence-electron chi connectivity index (χ4n) is 2.66. The van der Waals surface area contributed by atoms with Gasteiger partial charge in [-0.1, -0.05) is 18.2 Å². The van der Waals surface area contributed by atoms with Crippen LogP contribution in [0.4, 0.5) is 0 Å². The third kappa shape index (κ3) is 2.11. The van der Waals surface area contributed by atoms with Gasteiger partial charge in [0.1, 0.15) is 0 Å². The number of aromatic nitrogens is 1. The van der Waals surface area contributed by atoms with Crippen LogP contribution < -0.4 is 0 Å². The Morgan fingerprint density at radius 3 is 3.11 bits per heavy atom. The van der Waals surface area contributed by atoms with E-state index in [-0.39, 0.29) is 5.92 Å². The van der Waals surface area contributed by atoms with Crippen molar-refractivity contribution in [3.05, 3.63) is 42.2 Å². The van der Waals surface area contributed by atoms with E-state index in [2.05, 4.69) is 4.98 Å². The molecule has 1 N–H and O–H groups in total. The number of pyridine rings is 1. The van der Waals surface area contributed by atoms with Crippen LogP contribution in [0.25, 0.3) is 10.8 Å². The Bertz CT molecular complexity index is 530. The maximum absolute atomic E-state index is 10.5. The van der Waals surface area contributed by atoms with Gasteiger partial charge in [0.05, 0.1) is 12.7 Å². The van der Waals surface area contributed by atoms with Crippen LogP contribution in [0.15, 0.2) is 36.7 Å². The summed E-state index contributed by atoms with van der Waals surface area (Å²) in [5.41, 5.74) is 0.969. The van der Waals surface area contributed by atoms with Crippen LogP contribution in [0.2, 0.25) is 0 Å². The molecule has 2 aromatic rings. The first-order valence-electron chi connectivity index (χ1n) is 6.45. The molecule has 18 heavy (non-hydrogen) atoms. The Balaban J connectivity index is 1.97. The maximum Gasteiger partial charge on any atom is 0.0846 e. The van der Waals surface area contributed by atoms with Gasteiger partial charge in [-0.15, -0.1) is 0 Å². The molecule has 1 aromatic carbocycles. The molecule has 1 saturated heterocycles. The van der Waals surface area contributed by atoms with Gasteiger partial charge in [0.2, 0.25) is 0 Å². The summed E-state index contributed by atoms with van der Waals surface area (Å²) in [4.78, 5) is 4.16. The molecular weight excluding hydrogens is 226 g/mol. The SMILES string of the molecule is OC(c1cccc2ccncc12)C1CCCOC1. The van der Waals surface area contributed by atoms with Gasteiger partial charge in [0.15, 0.2) is 0 Å². The molecule has 0 bridgehead atoms. The molecule has 1 aliphatic rings. The van der Waals surface area contributed by atoms with Crippen molar-refractivity contribution in [3.8, 4) is 0 Å². The normalized spacial score (nSPS) is 21.9. The molecule has 0 spiro atoms. The highest BCUT2D eigenvalue weighted by Crippen LogP contribution is 2.32. The quantitative estimate of drug-likeness (QED) is 0.881. The Morgan fingerprint density at radius 1 is 1.33 bits per heavy atom. The highest BCUT2D eigenvalue weighted by molar-refractivity contribution is 5.85. The van der Waals surface area contributed by atoms with Crippen molar-refractivity contribution >= 4 is 10.8 Å². The lowest BCUT2D eigenvalue weighted by atomic mass is 9.89. The van der Waals surface area contributed by atoms with Crippen LogP contribution in [0.1, 0.15) is 24.5 Å². The minimum atomic E-state index is -0.460. The fourth-order valence-corrected chi connectivity index (χ4v) is 2.66.